The van der Waals surface area contributed by atoms with Crippen molar-refractivity contribution in [1.82, 2.24) is 5.32 Å². The smallest absolute Gasteiger partial charge is 0.258 e. The summed E-state index contributed by atoms with van der Waals surface area (Å²) in [6.45, 7) is 1.39. The van der Waals surface area contributed by atoms with Crippen molar-refractivity contribution in [2.75, 3.05) is 6.61 Å². The summed E-state index contributed by atoms with van der Waals surface area (Å²) < 4.78 is 5.53. The summed E-state index contributed by atoms with van der Waals surface area (Å²) >= 11 is 7.54. The number of halogens is 1. The largest absolute Gasteiger partial charge is 0.484 e. The predicted octanol–water partition coefficient (Wildman–Crippen LogP) is 4.89. The molecule has 0 aliphatic rings. The number of ketones is 1. The highest BCUT2D eigenvalue weighted by molar-refractivity contribution is 7.10. The maximum absolute atomic E-state index is 12.4. The molecule has 0 radical (unpaired) electrons. The van der Waals surface area contributed by atoms with Gasteiger partial charge in [0.1, 0.15) is 5.75 Å². The summed E-state index contributed by atoms with van der Waals surface area (Å²) in [5.41, 5.74) is 1.55. The van der Waals surface area contributed by atoms with Crippen molar-refractivity contribution in [1.29, 1.82) is 0 Å². The fourth-order valence-electron chi connectivity index (χ4n) is 2.57. The Hall–Kier alpha value is -2.63. The highest BCUT2D eigenvalue weighted by atomic mass is 35.5. The first-order valence-corrected chi connectivity index (χ1v) is 9.61. The predicted molar refractivity (Wildman–Crippen MR) is 108 cm³/mol. The lowest BCUT2D eigenvalue weighted by Gasteiger charge is -2.18. The van der Waals surface area contributed by atoms with Crippen molar-refractivity contribution in [2.45, 2.75) is 13.0 Å². The van der Waals surface area contributed by atoms with Crippen molar-refractivity contribution in [3.63, 3.8) is 0 Å². The van der Waals surface area contributed by atoms with Gasteiger partial charge >= 0.3 is 0 Å². The molecule has 3 rings (SSSR count). The summed E-state index contributed by atoms with van der Waals surface area (Å²) in [5, 5.41) is 5.62. The highest BCUT2D eigenvalue weighted by Gasteiger charge is 2.18. The SMILES string of the molecule is CC(=O)c1ccc(OCC(=O)NC(c2ccc(Cl)cc2)c2cccs2)cc1. The molecule has 6 heteroatoms. The summed E-state index contributed by atoms with van der Waals surface area (Å²) in [4.78, 5) is 24.8. The monoisotopic (exact) mass is 399 g/mol. The second-order valence-electron chi connectivity index (χ2n) is 5.94. The molecule has 1 amide bonds. The van der Waals surface area contributed by atoms with Crippen LogP contribution in [0.4, 0.5) is 0 Å². The first-order chi connectivity index (χ1) is 13.0. The van der Waals surface area contributed by atoms with Crippen LogP contribution in [0.25, 0.3) is 0 Å². The average molecular weight is 400 g/mol. The van der Waals surface area contributed by atoms with Crippen LogP contribution >= 0.6 is 22.9 Å². The van der Waals surface area contributed by atoms with Crippen LogP contribution in [0.1, 0.15) is 33.8 Å². The van der Waals surface area contributed by atoms with E-state index in [0.29, 0.717) is 16.3 Å². The van der Waals surface area contributed by atoms with Gasteiger partial charge in [0.25, 0.3) is 5.91 Å². The standard InChI is InChI=1S/C21H18ClNO3S/c1-14(24)15-6-10-18(11-7-15)26-13-20(25)23-21(19-3-2-12-27-19)16-4-8-17(22)9-5-16/h2-12,21H,13H2,1H3,(H,23,25). The van der Waals surface area contributed by atoms with E-state index in [0.717, 1.165) is 10.4 Å². The van der Waals surface area contributed by atoms with Crippen molar-refractivity contribution >= 4 is 34.6 Å². The van der Waals surface area contributed by atoms with Crippen LogP contribution in [0.3, 0.4) is 0 Å². The Labute approximate surface area is 166 Å². The van der Waals surface area contributed by atoms with Gasteiger partial charge in [-0.2, -0.15) is 0 Å². The number of hydrogen-bond donors (Lipinski definition) is 1. The van der Waals surface area contributed by atoms with Crippen LogP contribution in [-0.2, 0) is 4.79 Å². The number of nitrogens with one attached hydrogen (secondary N) is 1. The summed E-state index contributed by atoms with van der Waals surface area (Å²) in [6.07, 6.45) is 0. The highest BCUT2D eigenvalue weighted by Crippen LogP contribution is 2.27. The Balaban J connectivity index is 1.66. The lowest BCUT2D eigenvalue weighted by molar-refractivity contribution is -0.123. The molecule has 27 heavy (non-hydrogen) atoms. The minimum Gasteiger partial charge on any atom is -0.484 e. The van der Waals surface area contributed by atoms with Crippen molar-refractivity contribution < 1.29 is 14.3 Å². The number of rotatable bonds is 7. The molecule has 1 aromatic heterocycles. The molecular weight excluding hydrogens is 382 g/mol. The lowest BCUT2D eigenvalue weighted by atomic mass is 10.1. The van der Waals surface area contributed by atoms with Crippen LogP contribution in [0.5, 0.6) is 5.75 Å². The average Bonchev–Trinajstić information content (AvgIpc) is 3.20. The molecule has 1 unspecified atom stereocenters. The van der Waals surface area contributed by atoms with E-state index in [9.17, 15) is 9.59 Å². The minimum absolute atomic E-state index is 0.0129. The minimum atomic E-state index is -0.265. The lowest BCUT2D eigenvalue weighted by Crippen LogP contribution is -2.32. The Morgan fingerprint density at radius 1 is 1.07 bits per heavy atom. The normalized spacial score (nSPS) is 11.6. The van der Waals surface area contributed by atoms with Gasteiger partial charge in [-0.05, 0) is 60.3 Å². The molecule has 1 N–H and O–H groups in total. The first kappa shape index (κ1) is 19.1. The zero-order chi connectivity index (χ0) is 19.2. The molecule has 1 heterocycles. The number of carbonyl (C=O) groups is 2. The molecule has 3 aromatic rings. The summed E-state index contributed by atoms with van der Waals surface area (Å²) in [6, 6.07) is 17.8. The fraction of sp³-hybridized carbons (Fsp3) is 0.143. The van der Waals surface area contributed by atoms with Gasteiger partial charge in [0.15, 0.2) is 12.4 Å². The summed E-state index contributed by atoms with van der Waals surface area (Å²) in [5.74, 6) is 0.286. The van der Waals surface area contributed by atoms with Gasteiger partial charge in [-0.1, -0.05) is 29.8 Å². The number of thiophene rings is 1. The van der Waals surface area contributed by atoms with Gasteiger partial charge in [-0.25, -0.2) is 0 Å². The second kappa shape index (κ2) is 8.84. The Morgan fingerprint density at radius 3 is 2.37 bits per heavy atom. The van der Waals surface area contributed by atoms with Gasteiger partial charge in [-0.3, -0.25) is 9.59 Å². The van der Waals surface area contributed by atoms with Gasteiger partial charge < -0.3 is 10.1 Å². The van der Waals surface area contributed by atoms with Gasteiger partial charge in [-0.15, -0.1) is 11.3 Å². The van der Waals surface area contributed by atoms with E-state index in [4.69, 9.17) is 16.3 Å². The van der Waals surface area contributed by atoms with Crippen LogP contribution in [0, 0.1) is 0 Å². The molecule has 0 fully saturated rings. The van der Waals surface area contributed by atoms with Gasteiger partial charge in [0, 0.05) is 15.5 Å². The molecule has 0 bridgehead atoms. The van der Waals surface area contributed by atoms with E-state index >= 15 is 0 Å². The fourth-order valence-corrected chi connectivity index (χ4v) is 3.50. The number of hydrogen-bond acceptors (Lipinski definition) is 4. The third-order valence-corrected chi connectivity index (χ3v) is 5.16. The van der Waals surface area contributed by atoms with E-state index < -0.39 is 0 Å². The third-order valence-electron chi connectivity index (χ3n) is 3.97. The third kappa shape index (κ3) is 5.18. The van der Waals surface area contributed by atoms with Crippen molar-refractivity contribution in [2.24, 2.45) is 0 Å². The number of benzene rings is 2. The molecule has 0 spiro atoms. The first-order valence-electron chi connectivity index (χ1n) is 8.35. The Bertz CT molecular complexity index is 906. The Morgan fingerprint density at radius 2 is 1.78 bits per heavy atom. The molecule has 1 atom stereocenters. The zero-order valence-electron chi connectivity index (χ0n) is 14.6. The molecule has 0 aliphatic carbocycles. The molecular formula is C21H18ClNO3S. The van der Waals surface area contributed by atoms with E-state index in [-0.39, 0.29) is 24.3 Å². The number of amides is 1. The van der Waals surface area contributed by atoms with Gasteiger partial charge in [0.2, 0.25) is 0 Å². The van der Waals surface area contributed by atoms with Crippen molar-refractivity contribution in [3.05, 3.63) is 87.1 Å². The zero-order valence-corrected chi connectivity index (χ0v) is 16.2. The summed E-state index contributed by atoms with van der Waals surface area (Å²) in [7, 11) is 0. The van der Waals surface area contributed by atoms with Crippen LogP contribution in [0.15, 0.2) is 66.0 Å². The van der Waals surface area contributed by atoms with E-state index in [1.54, 1.807) is 47.7 Å². The number of ether oxygens (including phenoxy) is 1. The molecule has 0 aliphatic heterocycles. The maximum atomic E-state index is 12.4. The van der Waals surface area contributed by atoms with Crippen molar-refractivity contribution in [3.8, 4) is 5.75 Å². The Kier molecular flexibility index (Phi) is 6.27. The van der Waals surface area contributed by atoms with E-state index in [1.807, 2.05) is 29.6 Å². The molecule has 2 aromatic carbocycles. The number of carbonyl (C=O) groups excluding carboxylic acids is 2. The molecule has 138 valence electrons. The van der Waals surface area contributed by atoms with E-state index in [2.05, 4.69) is 5.32 Å². The molecule has 0 saturated heterocycles. The van der Waals surface area contributed by atoms with Crippen LogP contribution < -0.4 is 10.1 Å². The van der Waals surface area contributed by atoms with Crippen LogP contribution in [-0.4, -0.2) is 18.3 Å². The quantitative estimate of drug-likeness (QED) is 0.575. The van der Waals surface area contributed by atoms with Gasteiger partial charge in [0.05, 0.1) is 6.04 Å². The maximum Gasteiger partial charge on any atom is 0.258 e. The van der Waals surface area contributed by atoms with Crippen LogP contribution in [0.2, 0.25) is 5.02 Å². The number of Topliss-reactive ketones (excluding diaryl/α,β-unsaturated/α-hetero) is 1. The topological polar surface area (TPSA) is 55.4 Å². The van der Waals surface area contributed by atoms with E-state index in [1.165, 1.54) is 6.92 Å². The second-order valence-corrected chi connectivity index (χ2v) is 7.35. The molecule has 0 saturated carbocycles. The molecule has 4 nitrogen and oxygen atoms in total.